The topological polar surface area (TPSA) is 9.23 Å². The van der Waals surface area contributed by atoms with Crippen LogP contribution in [-0.2, 0) is 6.42 Å². The third kappa shape index (κ3) is 4.32. The number of aryl methyl sites for hydroxylation is 1. The average Bonchev–Trinajstić information content (AvgIpc) is 3.20. The van der Waals surface area contributed by atoms with Gasteiger partial charge in [0.1, 0.15) is 17.4 Å². The molecule has 0 unspecified atom stereocenters. The van der Waals surface area contributed by atoms with E-state index >= 15 is 0 Å². The molecule has 0 radical (unpaired) electrons. The fourth-order valence-corrected chi connectivity index (χ4v) is 4.28. The van der Waals surface area contributed by atoms with Gasteiger partial charge in [0.05, 0.1) is 12.2 Å². The van der Waals surface area contributed by atoms with Crippen molar-refractivity contribution in [3.8, 4) is 39.8 Å². The molecule has 1 aliphatic carbocycles. The average molecular weight is 451 g/mol. The summed E-state index contributed by atoms with van der Waals surface area (Å²) in [4.78, 5) is 0. The van der Waals surface area contributed by atoms with Crippen molar-refractivity contribution >= 4 is 0 Å². The number of fused-ring (bicyclic) bond motifs is 3. The highest BCUT2D eigenvalue weighted by Gasteiger charge is 2.19. The Hall–Kier alpha value is -3.90. The Balaban J connectivity index is 1.37. The number of halogens is 2. The first kappa shape index (κ1) is 21.9. The van der Waals surface area contributed by atoms with E-state index in [-0.39, 0.29) is 5.82 Å². The van der Waals surface area contributed by atoms with Gasteiger partial charge in [0.2, 0.25) is 0 Å². The number of benzene rings is 4. The molecule has 0 amide bonds. The van der Waals surface area contributed by atoms with Crippen LogP contribution in [0.2, 0.25) is 0 Å². The smallest absolute Gasteiger partial charge is 0.139 e. The largest absolute Gasteiger partial charge is 0.494 e. The van der Waals surface area contributed by atoms with Crippen LogP contribution in [0, 0.1) is 30.4 Å². The van der Waals surface area contributed by atoms with Crippen molar-refractivity contribution < 1.29 is 13.5 Å². The van der Waals surface area contributed by atoms with Gasteiger partial charge in [-0.2, -0.15) is 0 Å². The van der Waals surface area contributed by atoms with Gasteiger partial charge < -0.3 is 4.74 Å². The molecule has 0 heterocycles. The molecule has 0 N–H and O–H groups in total. The van der Waals surface area contributed by atoms with Crippen LogP contribution in [0.5, 0.6) is 5.75 Å². The van der Waals surface area contributed by atoms with Gasteiger partial charge in [-0.1, -0.05) is 49.1 Å². The molecule has 3 heteroatoms. The second kappa shape index (κ2) is 9.15. The second-order valence-electron chi connectivity index (χ2n) is 8.62. The van der Waals surface area contributed by atoms with E-state index in [2.05, 4.69) is 43.0 Å². The number of rotatable bonds is 4. The molecular weight excluding hydrogens is 426 g/mol. The summed E-state index contributed by atoms with van der Waals surface area (Å²) in [6.45, 7) is 4.51. The van der Waals surface area contributed by atoms with Crippen molar-refractivity contribution in [2.75, 3.05) is 6.61 Å². The molecule has 0 saturated heterocycles. The Morgan fingerprint density at radius 2 is 1.47 bits per heavy atom. The lowest BCUT2D eigenvalue weighted by atomic mass is 10.0. The molecule has 0 fully saturated rings. The van der Waals surface area contributed by atoms with Gasteiger partial charge in [0.25, 0.3) is 0 Å². The van der Waals surface area contributed by atoms with Gasteiger partial charge in [-0.15, -0.1) is 0 Å². The first-order valence-electron chi connectivity index (χ1n) is 11.5. The van der Waals surface area contributed by atoms with Crippen LogP contribution in [0.25, 0.3) is 22.3 Å². The summed E-state index contributed by atoms with van der Waals surface area (Å²) in [6.07, 6.45) is 1.81. The van der Waals surface area contributed by atoms with Crippen molar-refractivity contribution in [1.82, 2.24) is 0 Å². The van der Waals surface area contributed by atoms with Gasteiger partial charge in [-0.25, -0.2) is 8.78 Å². The highest BCUT2D eigenvalue weighted by atomic mass is 19.1. The van der Waals surface area contributed by atoms with E-state index in [4.69, 9.17) is 4.74 Å². The molecule has 0 aliphatic heterocycles. The highest BCUT2D eigenvalue weighted by Crippen LogP contribution is 2.38. The van der Waals surface area contributed by atoms with Crippen LogP contribution in [0.15, 0.2) is 72.8 Å². The highest BCUT2D eigenvalue weighted by molar-refractivity contribution is 5.78. The standard InChI is InChI=1S/C31H24F2O/c1-3-14-34-27-11-13-29-26(17-27)16-25-15-21(6-12-28(25)29)5-8-22-9-10-24(19-31(22)33)23-7-4-20(2)30(32)18-23/h4,6-7,9-13,15,17-19H,3,14,16H2,1-2H3. The van der Waals surface area contributed by atoms with E-state index < -0.39 is 5.82 Å². The predicted molar refractivity (Wildman–Crippen MR) is 133 cm³/mol. The summed E-state index contributed by atoms with van der Waals surface area (Å²) in [5.41, 5.74) is 7.90. The second-order valence-corrected chi connectivity index (χ2v) is 8.62. The minimum absolute atomic E-state index is 0.301. The van der Waals surface area contributed by atoms with Crippen molar-refractivity contribution in [3.63, 3.8) is 0 Å². The van der Waals surface area contributed by atoms with Gasteiger partial charge in [-0.05, 0) is 101 Å². The summed E-state index contributed by atoms with van der Waals surface area (Å²) in [5, 5.41) is 0. The van der Waals surface area contributed by atoms with Crippen LogP contribution in [0.3, 0.4) is 0 Å². The van der Waals surface area contributed by atoms with Gasteiger partial charge in [0, 0.05) is 5.56 Å². The van der Waals surface area contributed by atoms with Gasteiger partial charge >= 0.3 is 0 Å². The SMILES string of the molecule is CCCOc1ccc2c(c1)Cc1cc(C#Cc3ccc(-c4ccc(C)c(F)c4)cc3F)ccc1-2. The van der Waals surface area contributed by atoms with Crippen LogP contribution in [-0.4, -0.2) is 6.61 Å². The Kier molecular flexibility index (Phi) is 5.90. The van der Waals surface area contributed by atoms with Crippen molar-refractivity contribution in [2.45, 2.75) is 26.7 Å². The molecule has 34 heavy (non-hydrogen) atoms. The first-order valence-corrected chi connectivity index (χ1v) is 11.5. The van der Waals surface area contributed by atoms with Crippen molar-refractivity contribution in [3.05, 3.63) is 112 Å². The minimum atomic E-state index is -0.417. The third-order valence-electron chi connectivity index (χ3n) is 6.14. The van der Waals surface area contributed by atoms with Crippen LogP contribution >= 0.6 is 0 Å². The summed E-state index contributed by atoms with van der Waals surface area (Å²) in [7, 11) is 0. The lowest BCUT2D eigenvalue weighted by Crippen LogP contribution is -1.95. The number of hydrogen-bond acceptors (Lipinski definition) is 1. The molecule has 0 atom stereocenters. The van der Waals surface area contributed by atoms with E-state index in [0.29, 0.717) is 28.9 Å². The van der Waals surface area contributed by atoms with E-state index in [1.54, 1.807) is 31.2 Å². The summed E-state index contributed by atoms with van der Waals surface area (Å²) in [6, 6.07) is 22.1. The predicted octanol–water partition coefficient (Wildman–Crippen LogP) is 7.70. The van der Waals surface area contributed by atoms with Crippen molar-refractivity contribution in [1.29, 1.82) is 0 Å². The zero-order valence-corrected chi connectivity index (χ0v) is 19.2. The molecule has 0 bridgehead atoms. The quantitative estimate of drug-likeness (QED) is 0.255. The molecule has 5 rings (SSSR count). The maximum Gasteiger partial charge on any atom is 0.139 e. The summed E-state index contributed by atoms with van der Waals surface area (Å²) < 4.78 is 34.4. The van der Waals surface area contributed by atoms with Gasteiger partial charge in [0.15, 0.2) is 0 Å². The van der Waals surface area contributed by atoms with E-state index in [9.17, 15) is 8.78 Å². The Morgan fingerprint density at radius 1 is 0.765 bits per heavy atom. The fraction of sp³-hybridized carbons (Fsp3) is 0.161. The minimum Gasteiger partial charge on any atom is -0.494 e. The maximum atomic E-state index is 14.7. The molecule has 168 valence electrons. The van der Waals surface area contributed by atoms with E-state index in [1.807, 2.05) is 12.1 Å². The Labute approximate surface area is 199 Å². The Morgan fingerprint density at radius 3 is 2.21 bits per heavy atom. The lowest BCUT2D eigenvalue weighted by molar-refractivity contribution is 0.317. The normalized spacial score (nSPS) is 11.4. The Bertz CT molecular complexity index is 1460. The van der Waals surface area contributed by atoms with Crippen LogP contribution in [0.1, 0.15) is 41.2 Å². The zero-order valence-electron chi connectivity index (χ0n) is 19.2. The molecule has 1 aliphatic rings. The van der Waals surface area contributed by atoms with Crippen LogP contribution in [0.4, 0.5) is 8.78 Å². The van der Waals surface area contributed by atoms with Gasteiger partial charge in [-0.3, -0.25) is 0 Å². The molecule has 4 aromatic carbocycles. The molecule has 0 spiro atoms. The number of ether oxygens (including phenoxy) is 1. The summed E-state index contributed by atoms with van der Waals surface area (Å²) >= 11 is 0. The molecule has 4 aromatic rings. The lowest BCUT2D eigenvalue weighted by Gasteiger charge is -2.07. The van der Waals surface area contributed by atoms with Crippen LogP contribution < -0.4 is 4.74 Å². The zero-order chi connectivity index (χ0) is 23.7. The third-order valence-corrected chi connectivity index (χ3v) is 6.14. The maximum absolute atomic E-state index is 14.7. The molecule has 1 nitrogen and oxygen atoms in total. The molecule has 0 aromatic heterocycles. The van der Waals surface area contributed by atoms with E-state index in [1.165, 1.54) is 34.4 Å². The van der Waals surface area contributed by atoms with E-state index in [0.717, 1.165) is 24.2 Å². The van der Waals surface area contributed by atoms with Crippen molar-refractivity contribution in [2.24, 2.45) is 0 Å². The summed E-state index contributed by atoms with van der Waals surface area (Å²) in [5.74, 6) is 6.24. The monoisotopic (exact) mass is 450 g/mol. The number of hydrogen-bond donors (Lipinski definition) is 0. The molecule has 0 saturated carbocycles. The fourth-order valence-electron chi connectivity index (χ4n) is 4.28. The molecular formula is C31H24F2O. The first-order chi connectivity index (χ1) is 16.5.